The largest absolute Gasteiger partial charge is 0.397 e. The van der Waals surface area contributed by atoms with Crippen LogP contribution in [0.15, 0.2) is 24.3 Å². The van der Waals surface area contributed by atoms with Crippen molar-refractivity contribution in [2.24, 2.45) is 0 Å². The van der Waals surface area contributed by atoms with Gasteiger partial charge in [-0.15, -0.1) is 0 Å². The summed E-state index contributed by atoms with van der Waals surface area (Å²) in [6.45, 7) is 0. The van der Waals surface area contributed by atoms with Gasteiger partial charge in [-0.2, -0.15) is 0 Å². The lowest BCUT2D eigenvalue weighted by molar-refractivity contribution is 0.628. The van der Waals surface area contributed by atoms with Crippen molar-refractivity contribution in [2.75, 3.05) is 11.1 Å². The van der Waals surface area contributed by atoms with Gasteiger partial charge in [-0.25, -0.2) is 4.39 Å². The predicted molar refractivity (Wildman–Crippen MR) is 61.6 cm³/mol. The van der Waals surface area contributed by atoms with Crippen molar-refractivity contribution >= 4 is 23.0 Å². The number of benzene rings is 1. The molecule has 0 aliphatic heterocycles. The zero-order chi connectivity index (χ0) is 10.8. The normalized spacial score (nSPS) is 15.9. The minimum absolute atomic E-state index is 0.0580. The van der Waals surface area contributed by atoms with Crippen LogP contribution in [-0.4, -0.2) is 6.04 Å². The van der Waals surface area contributed by atoms with Crippen LogP contribution in [0.1, 0.15) is 12.8 Å². The minimum Gasteiger partial charge on any atom is -0.397 e. The second-order valence-corrected chi connectivity index (χ2v) is 4.04. The first kappa shape index (κ1) is 10.3. The molecule has 0 radical (unpaired) electrons. The Bertz CT molecular complexity index is 396. The maximum atomic E-state index is 13.2. The molecule has 0 atom stereocenters. The van der Waals surface area contributed by atoms with Gasteiger partial charge < -0.3 is 11.1 Å². The third kappa shape index (κ3) is 2.23. The highest BCUT2D eigenvalue weighted by Gasteiger charge is 2.12. The average molecular weight is 227 g/mol. The van der Waals surface area contributed by atoms with Gasteiger partial charge in [0.1, 0.15) is 5.82 Å². The summed E-state index contributed by atoms with van der Waals surface area (Å²) in [6, 6.07) is 3.09. The van der Waals surface area contributed by atoms with Crippen molar-refractivity contribution in [2.45, 2.75) is 18.9 Å². The van der Waals surface area contributed by atoms with E-state index in [1.54, 1.807) is 0 Å². The van der Waals surface area contributed by atoms with E-state index >= 15 is 0 Å². The smallest absolute Gasteiger partial charge is 0.143 e. The Labute approximate surface area is 92.9 Å². The van der Waals surface area contributed by atoms with Gasteiger partial charge in [0.15, 0.2) is 0 Å². The number of anilines is 2. The predicted octanol–water partition coefficient (Wildman–Crippen LogP) is 3.19. The Morgan fingerprint density at radius 2 is 2.00 bits per heavy atom. The number of nitrogen functional groups attached to an aromatic ring is 1. The molecule has 0 spiro atoms. The molecule has 0 fully saturated rings. The van der Waals surface area contributed by atoms with Crippen LogP contribution < -0.4 is 11.1 Å². The first-order valence-electron chi connectivity index (χ1n) is 4.83. The Balaban J connectivity index is 2.17. The van der Waals surface area contributed by atoms with Gasteiger partial charge in [0, 0.05) is 12.1 Å². The highest BCUT2D eigenvalue weighted by Crippen LogP contribution is 2.28. The molecular weight excluding hydrogens is 215 g/mol. The molecule has 2 rings (SSSR count). The summed E-state index contributed by atoms with van der Waals surface area (Å²) in [5.41, 5.74) is 6.83. The molecule has 1 aromatic rings. The highest BCUT2D eigenvalue weighted by molar-refractivity contribution is 6.31. The molecule has 0 unspecified atom stereocenters. The van der Waals surface area contributed by atoms with E-state index in [9.17, 15) is 4.39 Å². The Morgan fingerprint density at radius 3 is 2.67 bits per heavy atom. The minimum atomic E-state index is -0.445. The lowest BCUT2D eigenvalue weighted by atomic mass is 10.2. The van der Waals surface area contributed by atoms with Crippen LogP contribution >= 0.6 is 11.6 Å². The first-order valence-corrected chi connectivity index (χ1v) is 5.20. The molecule has 0 amide bonds. The number of halogens is 2. The fourth-order valence-corrected chi connectivity index (χ4v) is 1.81. The standard InChI is InChI=1S/C11H12ClFN2/c12-8-5-10(14)11(6-9(8)13)15-7-3-1-2-4-7/h1-2,5-7,15H,3-4,14H2. The van der Waals surface area contributed by atoms with Crippen molar-refractivity contribution in [3.05, 3.63) is 35.1 Å². The molecule has 1 aromatic carbocycles. The Kier molecular flexibility index (Phi) is 2.82. The van der Waals surface area contributed by atoms with E-state index in [0.29, 0.717) is 17.4 Å². The summed E-state index contributed by atoms with van der Waals surface area (Å²) < 4.78 is 13.2. The van der Waals surface area contributed by atoms with Gasteiger partial charge in [0.25, 0.3) is 0 Å². The molecule has 0 saturated heterocycles. The molecule has 0 bridgehead atoms. The molecule has 0 aromatic heterocycles. The van der Waals surface area contributed by atoms with Crippen molar-refractivity contribution in [1.82, 2.24) is 0 Å². The lowest BCUT2D eigenvalue weighted by Gasteiger charge is -2.15. The molecule has 0 heterocycles. The van der Waals surface area contributed by atoms with Crippen LogP contribution in [0.4, 0.5) is 15.8 Å². The lowest BCUT2D eigenvalue weighted by Crippen LogP contribution is -2.16. The van der Waals surface area contributed by atoms with Gasteiger partial charge in [0.2, 0.25) is 0 Å². The molecule has 1 aliphatic carbocycles. The van der Waals surface area contributed by atoms with Crippen molar-refractivity contribution < 1.29 is 4.39 Å². The van der Waals surface area contributed by atoms with Crippen LogP contribution in [0.3, 0.4) is 0 Å². The number of nitrogens with one attached hydrogen (secondary N) is 1. The fraction of sp³-hybridized carbons (Fsp3) is 0.273. The molecule has 0 saturated carbocycles. The summed E-state index contributed by atoms with van der Waals surface area (Å²) >= 11 is 5.61. The van der Waals surface area contributed by atoms with Crippen LogP contribution in [0.5, 0.6) is 0 Å². The second kappa shape index (κ2) is 4.11. The molecule has 3 N–H and O–H groups in total. The van der Waals surface area contributed by atoms with Crippen molar-refractivity contribution in [3.63, 3.8) is 0 Å². The van der Waals surface area contributed by atoms with E-state index in [1.807, 2.05) is 0 Å². The van der Waals surface area contributed by atoms with Gasteiger partial charge >= 0.3 is 0 Å². The SMILES string of the molecule is Nc1cc(Cl)c(F)cc1NC1CC=CC1. The van der Waals surface area contributed by atoms with E-state index in [1.165, 1.54) is 12.1 Å². The third-order valence-corrected chi connectivity index (χ3v) is 2.75. The number of rotatable bonds is 2. The summed E-state index contributed by atoms with van der Waals surface area (Å²) in [4.78, 5) is 0. The molecule has 1 aliphatic rings. The van der Waals surface area contributed by atoms with E-state index in [4.69, 9.17) is 17.3 Å². The Hall–Kier alpha value is -1.22. The molecular formula is C11H12ClFN2. The van der Waals surface area contributed by atoms with Gasteiger partial charge in [-0.1, -0.05) is 23.8 Å². The second-order valence-electron chi connectivity index (χ2n) is 3.64. The maximum Gasteiger partial charge on any atom is 0.143 e. The van der Waals surface area contributed by atoms with Crippen molar-refractivity contribution in [3.8, 4) is 0 Å². The topological polar surface area (TPSA) is 38.0 Å². The van der Waals surface area contributed by atoms with Gasteiger partial charge in [0.05, 0.1) is 16.4 Å². The van der Waals surface area contributed by atoms with E-state index < -0.39 is 5.82 Å². The molecule has 15 heavy (non-hydrogen) atoms. The number of hydrogen-bond donors (Lipinski definition) is 2. The van der Waals surface area contributed by atoms with Crippen LogP contribution in [0.2, 0.25) is 5.02 Å². The van der Waals surface area contributed by atoms with Crippen LogP contribution in [-0.2, 0) is 0 Å². The van der Waals surface area contributed by atoms with Crippen LogP contribution in [0.25, 0.3) is 0 Å². The van der Waals surface area contributed by atoms with Gasteiger partial charge in [-0.05, 0) is 18.9 Å². The summed E-state index contributed by atoms with van der Waals surface area (Å²) in [6.07, 6.45) is 6.09. The van der Waals surface area contributed by atoms with E-state index in [2.05, 4.69) is 17.5 Å². The van der Waals surface area contributed by atoms with Crippen LogP contribution in [0, 0.1) is 5.82 Å². The summed E-state index contributed by atoms with van der Waals surface area (Å²) in [5.74, 6) is -0.445. The molecule has 2 nitrogen and oxygen atoms in total. The maximum absolute atomic E-state index is 13.2. The zero-order valence-corrected chi connectivity index (χ0v) is 8.89. The highest BCUT2D eigenvalue weighted by atomic mass is 35.5. The monoisotopic (exact) mass is 226 g/mol. The molecule has 80 valence electrons. The summed E-state index contributed by atoms with van der Waals surface area (Å²) in [7, 11) is 0. The summed E-state index contributed by atoms with van der Waals surface area (Å²) in [5, 5.41) is 3.25. The van der Waals surface area contributed by atoms with Crippen molar-refractivity contribution in [1.29, 1.82) is 0 Å². The molecule has 4 heteroatoms. The quantitative estimate of drug-likeness (QED) is 0.600. The van der Waals surface area contributed by atoms with Gasteiger partial charge in [-0.3, -0.25) is 0 Å². The first-order chi connectivity index (χ1) is 7.16. The van der Waals surface area contributed by atoms with E-state index in [-0.39, 0.29) is 5.02 Å². The third-order valence-electron chi connectivity index (χ3n) is 2.46. The number of nitrogens with two attached hydrogens (primary N) is 1. The number of hydrogen-bond acceptors (Lipinski definition) is 2. The Morgan fingerprint density at radius 1 is 1.33 bits per heavy atom. The fourth-order valence-electron chi connectivity index (χ4n) is 1.64. The van der Waals surface area contributed by atoms with E-state index in [0.717, 1.165) is 12.8 Å². The zero-order valence-electron chi connectivity index (χ0n) is 8.13. The average Bonchev–Trinajstić information content (AvgIpc) is 2.67.